The van der Waals surface area contributed by atoms with Gasteiger partial charge in [-0.3, -0.25) is 4.90 Å². The van der Waals surface area contributed by atoms with Crippen LogP contribution < -0.4 is 0 Å². The highest BCUT2D eigenvalue weighted by Crippen LogP contribution is 2.32. The molecule has 0 N–H and O–H groups in total. The maximum atomic E-state index is 5.94. The molecule has 4 aromatic rings. The SMILES string of the molecule is CN1CCN(C(c2ccccc2)c2ncc3oc4ccc(Br)cc4c3n2)CC1. The van der Waals surface area contributed by atoms with Crippen molar-refractivity contribution in [1.29, 1.82) is 0 Å². The summed E-state index contributed by atoms with van der Waals surface area (Å²) in [6.45, 7) is 4.09. The molecule has 3 heterocycles. The van der Waals surface area contributed by atoms with Crippen molar-refractivity contribution in [2.75, 3.05) is 33.2 Å². The predicted octanol–water partition coefficient (Wildman–Crippen LogP) is 4.48. The molecule has 1 fully saturated rings. The van der Waals surface area contributed by atoms with Crippen molar-refractivity contribution in [2.45, 2.75) is 6.04 Å². The Kier molecular flexibility index (Phi) is 4.62. The summed E-state index contributed by atoms with van der Waals surface area (Å²) in [7, 11) is 2.17. The first-order valence-electron chi connectivity index (χ1n) is 9.51. The van der Waals surface area contributed by atoms with E-state index in [1.807, 2.05) is 18.3 Å². The Morgan fingerprint density at radius 2 is 1.79 bits per heavy atom. The minimum atomic E-state index is 0.0383. The number of halogens is 1. The van der Waals surface area contributed by atoms with Crippen LogP contribution in [-0.2, 0) is 0 Å². The largest absolute Gasteiger partial charge is 0.453 e. The van der Waals surface area contributed by atoms with E-state index in [1.165, 1.54) is 5.56 Å². The van der Waals surface area contributed by atoms with Gasteiger partial charge in [-0.15, -0.1) is 0 Å². The zero-order valence-electron chi connectivity index (χ0n) is 15.7. The van der Waals surface area contributed by atoms with Crippen molar-refractivity contribution in [3.63, 3.8) is 0 Å². The maximum Gasteiger partial charge on any atom is 0.172 e. The van der Waals surface area contributed by atoms with Crippen LogP contribution >= 0.6 is 15.9 Å². The maximum absolute atomic E-state index is 5.94. The fraction of sp³-hybridized carbons (Fsp3) is 0.273. The Morgan fingerprint density at radius 1 is 1.00 bits per heavy atom. The van der Waals surface area contributed by atoms with Crippen LogP contribution in [0.3, 0.4) is 0 Å². The first-order valence-corrected chi connectivity index (χ1v) is 10.3. The Morgan fingerprint density at radius 3 is 2.57 bits per heavy atom. The summed E-state index contributed by atoms with van der Waals surface area (Å²) in [5.41, 5.74) is 3.65. The van der Waals surface area contributed by atoms with Crippen LogP contribution in [-0.4, -0.2) is 53.0 Å². The minimum Gasteiger partial charge on any atom is -0.453 e. The number of rotatable bonds is 3. The Labute approximate surface area is 172 Å². The summed E-state index contributed by atoms with van der Waals surface area (Å²) >= 11 is 3.56. The molecule has 1 saturated heterocycles. The number of nitrogens with zero attached hydrogens (tertiary/aromatic N) is 4. The first kappa shape index (κ1) is 17.8. The van der Waals surface area contributed by atoms with Crippen molar-refractivity contribution in [1.82, 2.24) is 19.8 Å². The van der Waals surface area contributed by atoms with E-state index in [4.69, 9.17) is 14.4 Å². The van der Waals surface area contributed by atoms with Crippen molar-refractivity contribution < 1.29 is 4.42 Å². The monoisotopic (exact) mass is 436 g/mol. The van der Waals surface area contributed by atoms with Crippen LogP contribution in [0.1, 0.15) is 17.4 Å². The molecule has 0 aliphatic carbocycles. The first-order chi connectivity index (χ1) is 13.7. The standard InChI is InChI=1S/C22H21BrN4O/c1-26-9-11-27(12-10-26)21(15-5-3-2-4-6-15)22-24-14-19-20(25-22)17-13-16(23)7-8-18(17)28-19/h2-8,13-14,21H,9-12H2,1H3. The summed E-state index contributed by atoms with van der Waals surface area (Å²) in [6, 6.07) is 16.6. The summed E-state index contributed by atoms with van der Waals surface area (Å²) in [6.07, 6.45) is 1.82. The molecule has 1 atom stereocenters. The Balaban J connectivity index is 1.64. The average Bonchev–Trinajstić information content (AvgIpc) is 3.08. The molecular formula is C22H21BrN4O. The summed E-state index contributed by atoms with van der Waals surface area (Å²) in [5, 5.41) is 1.01. The van der Waals surface area contributed by atoms with Gasteiger partial charge in [0.25, 0.3) is 0 Å². The second-order valence-electron chi connectivity index (χ2n) is 7.34. The molecule has 5 nitrogen and oxygen atoms in total. The van der Waals surface area contributed by atoms with Crippen molar-refractivity contribution in [2.24, 2.45) is 0 Å². The second-order valence-corrected chi connectivity index (χ2v) is 8.25. The molecule has 28 heavy (non-hydrogen) atoms. The minimum absolute atomic E-state index is 0.0383. The fourth-order valence-electron chi connectivity index (χ4n) is 3.92. The molecule has 0 saturated carbocycles. The zero-order valence-corrected chi connectivity index (χ0v) is 17.3. The lowest BCUT2D eigenvalue weighted by Gasteiger charge is -2.37. The van der Waals surface area contributed by atoms with Crippen LogP contribution in [0.2, 0.25) is 0 Å². The highest BCUT2D eigenvalue weighted by atomic mass is 79.9. The van der Waals surface area contributed by atoms with Crippen LogP contribution in [0.4, 0.5) is 0 Å². The number of benzene rings is 2. The summed E-state index contributed by atoms with van der Waals surface area (Å²) < 4.78 is 6.96. The normalized spacial score (nSPS) is 17.4. The zero-order chi connectivity index (χ0) is 19.1. The Bertz CT molecular complexity index is 1120. The number of hydrogen-bond donors (Lipinski definition) is 0. The molecule has 0 bridgehead atoms. The molecule has 0 radical (unpaired) electrons. The van der Waals surface area contributed by atoms with Crippen molar-refractivity contribution in [3.8, 4) is 0 Å². The molecule has 1 aliphatic rings. The Hall–Kier alpha value is -2.28. The van der Waals surface area contributed by atoms with Gasteiger partial charge in [0.05, 0.1) is 12.2 Å². The highest BCUT2D eigenvalue weighted by molar-refractivity contribution is 9.10. The number of fused-ring (bicyclic) bond motifs is 3. The second kappa shape index (κ2) is 7.28. The van der Waals surface area contributed by atoms with Gasteiger partial charge >= 0.3 is 0 Å². The molecule has 6 heteroatoms. The number of hydrogen-bond acceptors (Lipinski definition) is 5. The molecule has 2 aromatic carbocycles. The van der Waals surface area contributed by atoms with Gasteiger partial charge in [-0.2, -0.15) is 0 Å². The molecule has 2 aromatic heterocycles. The van der Waals surface area contributed by atoms with Gasteiger partial charge in [-0.05, 0) is 30.8 Å². The van der Waals surface area contributed by atoms with E-state index >= 15 is 0 Å². The molecule has 0 spiro atoms. The molecular weight excluding hydrogens is 416 g/mol. The van der Waals surface area contributed by atoms with E-state index in [0.29, 0.717) is 0 Å². The number of aromatic nitrogens is 2. The van der Waals surface area contributed by atoms with Gasteiger partial charge < -0.3 is 9.32 Å². The van der Waals surface area contributed by atoms with Crippen LogP contribution in [0.15, 0.2) is 63.6 Å². The number of piperazine rings is 1. The van der Waals surface area contributed by atoms with Gasteiger partial charge in [-0.25, -0.2) is 9.97 Å². The predicted molar refractivity (Wildman–Crippen MR) is 114 cm³/mol. The van der Waals surface area contributed by atoms with E-state index < -0.39 is 0 Å². The van der Waals surface area contributed by atoms with Gasteiger partial charge in [0.2, 0.25) is 0 Å². The summed E-state index contributed by atoms with van der Waals surface area (Å²) in [4.78, 5) is 14.6. The number of likely N-dealkylation sites (N-methyl/N-ethyl adjacent to an activating group) is 1. The van der Waals surface area contributed by atoms with Gasteiger partial charge in [0.1, 0.15) is 11.1 Å². The average molecular weight is 437 g/mol. The lowest BCUT2D eigenvalue weighted by Crippen LogP contribution is -2.46. The van der Waals surface area contributed by atoms with Gasteiger partial charge in [0.15, 0.2) is 11.4 Å². The van der Waals surface area contributed by atoms with E-state index in [2.05, 4.69) is 69.2 Å². The van der Waals surface area contributed by atoms with Crippen molar-refractivity contribution in [3.05, 3.63) is 70.6 Å². The van der Waals surface area contributed by atoms with Crippen LogP contribution in [0, 0.1) is 0 Å². The summed E-state index contributed by atoms with van der Waals surface area (Å²) in [5.74, 6) is 0.825. The third kappa shape index (κ3) is 3.21. The van der Waals surface area contributed by atoms with Gasteiger partial charge in [-0.1, -0.05) is 46.3 Å². The van der Waals surface area contributed by atoms with Crippen molar-refractivity contribution >= 4 is 38.0 Å². The third-order valence-corrected chi connectivity index (χ3v) is 5.95. The molecule has 142 valence electrons. The van der Waals surface area contributed by atoms with E-state index in [9.17, 15) is 0 Å². The quantitative estimate of drug-likeness (QED) is 0.473. The fourth-order valence-corrected chi connectivity index (χ4v) is 4.28. The topological polar surface area (TPSA) is 45.4 Å². The third-order valence-electron chi connectivity index (χ3n) is 5.45. The van der Waals surface area contributed by atoms with E-state index in [-0.39, 0.29) is 6.04 Å². The van der Waals surface area contributed by atoms with E-state index in [0.717, 1.165) is 58.5 Å². The molecule has 1 unspecified atom stereocenters. The smallest absolute Gasteiger partial charge is 0.172 e. The number of furan rings is 1. The van der Waals surface area contributed by atoms with E-state index in [1.54, 1.807) is 0 Å². The molecule has 0 amide bonds. The van der Waals surface area contributed by atoms with Gasteiger partial charge in [0, 0.05) is 36.0 Å². The lowest BCUT2D eigenvalue weighted by atomic mass is 10.0. The molecule has 1 aliphatic heterocycles. The lowest BCUT2D eigenvalue weighted by molar-refractivity contribution is 0.124. The highest BCUT2D eigenvalue weighted by Gasteiger charge is 2.28. The molecule has 5 rings (SSSR count). The van der Waals surface area contributed by atoms with Crippen LogP contribution in [0.25, 0.3) is 22.1 Å². The van der Waals surface area contributed by atoms with Crippen LogP contribution in [0.5, 0.6) is 0 Å².